The van der Waals surface area contributed by atoms with Crippen LogP contribution in [0.15, 0.2) is 30.3 Å². The molecule has 1 rings (SSSR count). The van der Waals surface area contributed by atoms with Crippen LogP contribution in [0.2, 0.25) is 0 Å². The largest absolute Gasteiger partial charge is 0.392 e. The van der Waals surface area contributed by atoms with E-state index in [2.05, 4.69) is 17.0 Å². The third kappa shape index (κ3) is 4.71. The van der Waals surface area contributed by atoms with E-state index in [1.807, 2.05) is 32.3 Å². The Morgan fingerprint density at radius 1 is 1.25 bits per heavy atom. The molecule has 1 aromatic rings. The van der Waals surface area contributed by atoms with Crippen LogP contribution in [-0.2, 0) is 0 Å². The molecule has 0 aromatic heterocycles. The van der Waals surface area contributed by atoms with E-state index < -0.39 is 6.10 Å². The van der Waals surface area contributed by atoms with E-state index in [1.165, 1.54) is 5.56 Å². The number of hydrogen-bond acceptors (Lipinski definition) is 2. The highest BCUT2D eigenvalue weighted by atomic mass is 35.5. The molecule has 0 amide bonds. The van der Waals surface area contributed by atoms with Crippen molar-refractivity contribution in [2.45, 2.75) is 18.6 Å². The number of alkyl halides is 1. The summed E-state index contributed by atoms with van der Waals surface area (Å²) >= 11 is 5.62. The molecule has 92 valence electrons. The molecular weight excluding hydrogens is 245 g/mol. The fraction of sp³-hybridized carbons (Fsp3) is 0.500. The Labute approximate surface area is 109 Å². The summed E-state index contributed by atoms with van der Waals surface area (Å²) in [4.78, 5) is 2.10. The van der Waals surface area contributed by atoms with Gasteiger partial charge in [0.15, 0.2) is 0 Å². The number of aliphatic hydroxyl groups is 1. The lowest BCUT2D eigenvalue weighted by Gasteiger charge is -2.26. The van der Waals surface area contributed by atoms with Crippen molar-refractivity contribution in [3.8, 4) is 0 Å². The summed E-state index contributed by atoms with van der Waals surface area (Å²) in [5.41, 5.74) is 1.21. The monoisotopic (exact) mass is 263 g/mol. The maximum absolute atomic E-state index is 9.58. The van der Waals surface area contributed by atoms with Crippen molar-refractivity contribution in [2.75, 3.05) is 20.0 Å². The molecule has 0 fully saturated rings. The van der Waals surface area contributed by atoms with Gasteiger partial charge in [-0.1, -0.05) is 30.3 Å². The molecule has 0 heterocycles. The van der Waals surface area contributed by atoms with Crippen LogP contribution < -0.4 is 0 Å². The Kier molecular flexibility index (Phi) is 7.77. The molecule has 1 N–H and O–H groups in total. The maximum atomic E-state index is 9.58. The molecule has 0 radical (unpaired) electrons. The number of nitrogens with zero attached hydrogens (tertiary/aromatic N) is 1. The molecular formula is C12H19Cl2NO. The summed E-state index contributed by atoms with van der Waals surface area (Å²) in [7, 11) is 4.03. The minimum absolute atomic E-state index is 0. The molecule has 0 aliphatic carbocycles. The number of aliphatic hydroxyl groups excluding tert-OH is 1. The van der Waals surface area contributed by atoms with Gasteiger partial charge >= 0.3 is 0 Å². The predicted molar refractivity (Wildman–Crippen MR) is 71.5 cm³/mol. The van der Waals surface area contributed by atoms with Crippen LogP contribution in [0.3, 0.4) is 0 Å². The second-order valence-corrected chi connectivity index (χ2v) is 4.24. The third-order valence-corrected chi connectivity index (χ3v) is 2.84. The van der Waals surface area contributed by atoms with Crippen molar-refractivity contribution in [3.63, 3.8) is 0 Å². The standard InChI is InChI=1S/C12H18ClNO.ClH/c1-14(2)12(8-11(15)9-13)10-6-4-3-5-7-10;/h3-7,11-12,15H,8-9H2,1-2H3;1H. The molecule has 0 saturated heterocycles. The molecule has 0 aliphatic heterocycles. The Morgan fingerprint density at radius 3 is 2.25 bits per heavy atom. The number of hydrogen-bond donors (Lipinski definition) is 1. The Hall–Kier alpha value is -0.280. The average molecular weight is 264 g/mol. The van der Waals surface area contributed by atoms with E-state index in [4.69, 9.17) is 11.6 Å². The van der Waals surface area contributed by atoms with Gasteiger partial charge < -0.3 is 10.0 Å². The molecule has 1 aromatic carbocycles. The first-order chi connectivity index (χ1) is 7.15. The molecule has 2 unspecified atom stereocenters. The Bertz CT molecular complexity index is 280. The van der Waals surface area contributed by atoms with Crippen LogP contribution in [0.4, 0.5) is 0 Å². The molecule has 0 aliphatic rings. The van der Waals surface area contributed by atoms with Crippen LogP contribution in [0.5, 0.6) is 0 Å². The molecule has 0 saturated carbocycles. The minimum Gasteiger partial charge on any atom is -0.392 e. The van der Waals surface area contributed by atoms with Crippen molar-refractivity contribution < 1.29 is 5.11 Å². The van der Waals surface area contributed by atoms with Gasteiger partial charge in [0.05, 0.1) is 6.10 Å². The highest BCUT2D eigenvalue weighted by Crippen LogP contribution is 2.23. The second-order valence-electron chi connectivity index (χ2n) is 3.93. The van der Waals surface area contributed by atoms with Crippen LogP contribution in [-0.4, -0.2) is 36.1 Å². The average Bonchev–Trinajstić information content (AvgIpc) is 2.26. The first-order valence-corrected chi connectivity index (χ1v) is 5.64. The molecule has 0 bridgehead atoms. The van der Waals surface area contributed by atoms with Gasteiger partial charge in [0.2, 0.25) is 0 Å². The van der Waals surface area contributed by atoms with Gasteiger partial charge in [-0.05, 0) is 26.1 Å². The van der Waals surface area contributed by atoms with Gasteiger partial charge in [-0.2, -0.15) is 0 Å². The van der Waals surface area contributed by atoms with Crippen molar-refractivity contribution in [1.29, 1.82) is 0 Å². The lowest BCUT2D eigenvalue weighted by atomic mass is 10.0. The quantitative estimate of drug-likeness (QED) is 0.826. The van der Waals surface area contributed by atoms with Gasteiger partial charge in [-0.25, -0.2) is 0 Å². The van der Waals surface area contributed by atoms with E-state index in [1.54, 1.807) is 0 Å². The SMILES string of the molecule is CN(C)C(CC(O)CCl)c1ccccc1.Cl. The Morgan fingerprint density at radius 2 is 1.81 bits per heavy atom. The Balaban J connectivity index is 0.00000225. The van der Waals surface area contributed by atoms with Crippen molar-refractivity contribution in [3.05, 3.63) is 35.9 Å². The summed E-state index contributed by atoms with van der Waals surface area (Å²) < 4.78 is 0. The van der Waals surface area contributed by atoms with E-state index in [0.29, 0.717) is 6.42 Å². The van der Waals surface area contributed by atoms with E-state index in [0.717, 1.165) is 0 Å². The van der Waals surface area contributed by atoms with E-state index in [-0.39, 0.29) is 24.3 Å². The first-order valence-electron chi connectivity index (χ1n) is 5.10. The highest BCUT2D eigenvalue weighted by molar-refractivity contribution is 6.18. The van der Waals surface area contributed by atoms with E-state index >= 15 is 0 Å². The lowest BCUT2D eigenvalue weighted by Crippen LogP contribution is -2.25. The number of halogens is 2. The normalized spacial score (nSPS) is 14.3. The molecule has 4 heteroatoms. The van der Waals surface area contributed by atoms with E-state index in [9.17, 15) is 5.11 Å². The summed E-state index contributed by atoms with van der Waals surface area (Å²) in [6.07, 6.45) is 0.222. The van der Waals surface area contributed by atoms with Crippen molar-refractivity contribution >= 4 is 24.0 Å². The van der Waals surface area contributed by atoms with Crippen molar-refractivity contribution in [1.82, 2.24) is 4.90 Å². The van der Waals surface area contributed by atoms with Gasteiger partial charge in [-0.3, -0.25) is 0 Å². The molecule has 2 nitrogen and oxygen atoms in total. The first kappa shape index (κ1) is 15.7. The van der Waals surface area contributed by atoms with Crippen LogP contribution in [0.25, 0.3) is 0 Å². The number of rotatable bonds is 5. The van der Waals surface area contributed by atoms with Crippen LogP contribution >= 0.6 is 24.0 Å². The minimum atomic E-state index is -0.445. The highest BCUT2D eigenvalue weighted by Gasteiger charge is 2.17. The summed E-state index contributed by atoms with van der Waals surface area (Å²) in [6.45, 7) is 0. The molecule has 2 atom stereocenters. The van der Waals surface area contributed by atoms with Crippen LogP contribution in [0.1, 0.15) is 18.0 Å². The van der Waals surface area contributed by atoms with Gasteiger partial charge in [0.1, 0.15) is 0 Å². The predicted octanol–water partition coefficient (Wildman–Crippen LogP) is 2.70. The zero-order chi connectivity index (χ0) is 11.3. The summed E-state index contributed by atoms with van der Waals surface area (Å²) in [5.74, 6) is 0.289. The summed E-state index contributed by atoms with van der Waals surface area (Å²) in [5, 5.41) is 9.58. The van der Waals surface area contributed by atoms with Crippen LogP contribution in [0, 0.1) is 0 Å². The molecule has 16 heavy (non-hydrogen) atoms. The van der Waals surface area contributed by atoms with Crippen molar-refractivity contribution in [2.24, 2.45) is 0 Å². The fourth-order valence-corrected chi connectivity index (χ4v) is 1.77. The number of benzene rings is 1. The lowest BCUT2D eigenvalue weighted by molar-refractivity contribution is 0.141. The second kappa shape index (κ2) is 7.91. The van der Waals surface area contributed by atoms with Gasteiger partial charge in [-0.15, -0.1) is 24.0 Å². The van der Waals surface area contributed by atoms with Gasteiger partial charge in [0.25, 0.3) is 0 Å². The molecule has 0 spiro atoms. The van der Waals surface area contributed by atoms with Gasteiger partial charge in [0, 0.05) is 11.9 Å². The fourth-order valence-electron chi connectivity index (χ4n) is 1.64. The zero-order valence-electron chi connectivity index (χ0n) is 9.64. The maximum Gasteiger partial charge on any atom is 0.0693 e. The summed E-state index contributed by atoms with van der Waals surface area (Å²) in [6, 6.07) is 10.4. The smallest absolute Gasteiger partial charge is 0.0693 e. The zero-order valence-corrected chi connectivity index (χ0v) is 11.2. The topological polar surface area (TPSA) is 23.5 Å². The third-order valence-electron chi connectivity index (χ3n) is 2.48.